The molecule has 0 spiro atoms. The van der Waals surface area contributed by atoms with Gasteiger partial charge in [-0.25, -0.2) is 4.98 Å². The molecule has 0 aliphatic carbocycles. The third-order valence-electron chi connectivity index (χ3n) is 2.72. The molecule has 3 rings (SSSR count). The van der Waals surface area contributed by atoms with Crippen LogP contribution in [0.25, 0.3) is 11.0 Å². The van der Waals surface area contributed by atoms with E-state index in [0.29, 0.717) is 11.6 Å². The van der Waals surface area contributed by atoms with Gasteiger partial charge in [0, 0.05) is 6.07 Å². The number of hydrogen-bond acceptors (Lipinski definition) is 8. The summed E-state index contributed by atoms with van der Waals surface area (Å²) in [4.78, 5) is 19.5. The summed E-state index contributed by atoms with van der Waals surface area (Å²) >= 11 is 1.46. The van der Waals surface area contributed by atoms with Crippen LogP contribution in [0.2, 0.25) is 0 Å². The van der Waals surface area contributed by atoms with Crippen LogP contribution in [0, 0.1) is 0 Å². The maximum absolute atomic E-state index is 5.53. The normalized spacial score (nSPS) is 10.9. The fraction of sp³-hybridized carbons (Fsp3) is 0.167. The number of aromatic nitrogens is 5. The molecule has 0 atom stereocenters. The molecule has 0 saturated carbocycles. The van der Waals surface area contributed by atoms with E-state index in [1.54, 1.807) is 7.11 Å². The third-order valence-corrected chi connectivity index (χ3v) is 3.59. The number of hydrogen-bond donors (Lipinski definition) is 3. The fourth-order valence-electron chi connectivity index (χ4n) is 1.81. The van der Waals surface area contributed by atoms with Gasteiger partial charge in [0.25, 0.3) is 0 Å². The Kier molecular flexibility index (Phi) is 3.48. The predicted molar refractivity (Wildman–Crippen MR) is 80.9 cm³/mol. The van der Waals surface area contributed by atoms with Crippen LogP contribution in [-0.2, 0) is 5.75 Å². The van der Waals surface area contributed by atoms with Gasteiger partial charge in [-0.3, -0.25) is 0 Å². The molecular formula is C12H13N7OS. The molecule has 0 aliphatic rings. The van der Waals surface area contributed by atoms with Crippen LogP contribution in [0.4, 0.5) is 11.9 Å². The molecule has 9 heteroatoms. The standard InChI is InChI=1S/C12H13N7OS/c1-20-6-2-3-7-8(4-6)16-12(15-7)21-5-9-17-10(13)19-11(14)18-9/h2-4H,5H2,1H3,(H,15,16)(H4,13,14,17,18,19). The minimum absolute atomic E-state index is 0.118. The highest BCUT2D eigenvalue weighted by atomic mass is 32.2. The molecule has 0 radical (unpaired) electrons. The maximum atomic E-state index is 5.53. The van der Waals surface area contributed by atoms with Crippen LogP contribution in [0.1, 0.15) is 5.82 Å². The van der Waals surface area contributed by atoms with Crippen molar-refractivity contribution in [3.8, 4) is 5.75 Å². The molecule has 3 aromatic rings. The zero-order valence-corrected chi connectivity index (χ0v) is 12.0. The minimum Gasteiger partial charge on any atom is -0.497 e. The topological polar surface area (TPSA) is 129 Å². The van der Waals surface area contributed by atoms with Crippen LogP contribution in [-0.4, -0.2) is 32.0 Å². The average molecular weight is 303 g/mol. The molecule has 108 valence electrons. The van der Waals surface area contributed by atoms with Crippen molar-refractivity contribution in [2.45, 2.75) is 10.9 Å². The second-order valence-corrected chi connectivity index (χ2v) is 5.15. The Labute approximate surface area is 124 Å². The van der Waals surface area contributed by atoms with Gasteiger partial charge in [-0.15, -0.1) is 0 Å². The first-order valence-corrected chi connectivity index (χ1v) is 7.05. The number of fused-ring (bicyclic) bond motifs is 1. The van der Waals surface area contributed by atoms with E-state index in [2.05, 4.69) is 24.9 Å². The van der Waals surface area contributed by atoms with Crippen molar-refractivity contribution in [3.05, 3.63) is 24.0 Å². The summed E-state index contributed by atoms with van der Waals surface area (Å²) in [6, 6.07) is 5.66. The van der Waals surface area contributed by atoms with E-state index >= 15 is 0 Å². The third kappa shape index (κ3) is 2.97. The van der Waals surface area contributed by atoms with Crippen molar-refractivity contribution in [2.24, 2.45) is 0 Å². The van der Waals surface area contributed by atoms with Crippen LogP contribution in [0.3, 0.4) is 0 Å². The lowest BCUT2D eigenvalue weighted by Gasteiger charge is -2.00. The van der Waals surface area contributed by atoms with Crippen LogP contribution < -0.4 is 16.2 Å². The van der Waals surface area contributed by atoms with E-state index < -0.39 is 0 Å². The lowest BCUT2D eigenvalue weighted by atomic mass is 10.3. The number of H-pyrrole nitrogens is 1. The van der Waals surface area contributed by atoms with Crippen LogP contribution >= 0.6 is 11.8 Å². The quantitative estimate of drug-likeness (QED) is 0.613. The van der Waals surface area contributed by atoms with Gasteiger partial charge >= 0.3 is 0 Å². The molecule has 0 fully saturated rings. The van der Waals surface area contributed by atoms with Gasteiger partial charge in [0.1, 0.15) is 11.6 Å². The number of imidazole rings is 1. The first kappa shape index (κ1) is 13.4. The Hall–Kier alpha value is -2.55. The number of anilines is 2. The summed E-state index contributed by atoms with van der Waals surface area (Å²) in [6.07, 6.45) is 0. The number of nitrogens with zero attached hydrogens (tertiary/aromatic N) is 4. The van der Waals surface area contributed by atoms with Crippen molar-refractivity contribution in [3.63, 3.8) is 0 Å². The van der Waals surface area contributed by atoms with E-state index in [1.165, 1.54) is 11.8 Å². The SMILES string of the molecule is COc1ccc2nc(SCc3nc(N)nc(N)n3)[nH]c2c1. The van der Waals surface area contributed by atoms with E-state index in [9.17, 15) is 0 Å². The molecule has 2 heterocycles. The molecule has 0 bridgehead atoms. The zero-order valence-electron chi connectivity index (χ0n) is 11.2. The number of thioether (sulfide) groups is 1. The molecule has 0 aliphatic heterocycles. The van der Waals surface area contributed by atoms with E-state index in [4.69, 9.17) is 16.2 Å². The van der Waals surface area contributed by atoms with E-state index in [1.807, 2.05) is 18.2 Å². The highest BCUT2D eigenvalue weighted by Gasteiger charge is 2.07. The smallest absolute Gasteiger partial charge is 0.225 e. The Balaban J connectivity index is 1.78. The summed E-state index contributed by atoms with van der Waals surface area (Å²) in [5.41, 5.74) is 12.8. The highest BCUT2D eigenvalue weighted by Crippen LogP contribution is 2.24. The van der Waals surface area contributed by atoms with Gasteiger partial charge in [0.05, 0.1) is 23.9 Å². The molecule has 8 nitrogen and oxygen atoms in total. The molecule has 5 N–H and O–H groups in total. The summed E-state index contributed by atoms with van der Waals surface area (Å²) in [7, 11) is 1.63. The van der Waals surface area contributed by atoms with Gasteiger partial charge in [0.2, 0.25) is 11.9 Å². The largest absolute Gasteiger partial charge is 0.497 e. The second-order valence-electron chi connectivity index (χ2n) is 4.18. The number of ether oxygens (including phenoxy) is 1. The number of rotatable bonds is 4. The van der Waals surface area contributed by atoms with Gasteiger partial charge in [-0.2, -0.15) is 15.0 Å². The second kappa shape index (κ2) is 5.44. The molecular weight excluding hydrogens is 290 g/mol. The first-order chi connectivity index (χ1) is 10.1. The summed E-state index contributed by atoms with van der Waals surface area (Å²) in [6.45, 7) is 0. The van der Waals surface area contributed by atoms with Gasteiger partial charge in [0.15, 0.2) is 5.16 Å². The van der Waals surface area contributed by atoms with Crippen LogP contribution in [0.15, 0.2) is 23.4 Å². The highest BCUT2D eigenvalue weighted by molar-refractivity contribution is 7.98. The van der Waals surface area contributed by atoms with Crippen molar-refractivity contribution in [1.82, 2.24) is 24.9 Å². The van der Waals surface area contributed by atoms with Gasteiger partial charge in [-0.05, 0) is 12.1 Å². The number of benzene rings is 1. The lowest BCUT2D eigenvalue weighted by molar-refractivity contribution is 0.415. The predicted octanol–water partition coefficient (Wildman–Crippen LogP) is 1.21. The van der Waals surface area contributed by atoms with Crippen molar-refractivity contribution in [1.29, 1.82) is 0 Å². The Morgan fingerprint density at radius 3 is 2.62 bits per heavy atom. The van der Waals surface area contributed by atoms with Gasteiger partial charge in [-0.1, -0.05) is 11.8 Å². The summed E-state index contributed by atoms with van der Waals surface area (Å²) in [5, 5.41) is 0.760. The molecule has 2 aromatic heterocycles. The maximum Gasteiger partial charge on any atom is 0.225 e. The summed E-state index contributed by atoms with van der Waals surface area (Å²) in [5.74, 6) is 2.03. The number of aromatic amines is 1. The Bertz CT molecular complexity index is 768. The summed E-state index contributed by atoms with van der Waals surface area (Å²) < 4.78 is 5.18. The zero-order chi connectivity index (χ0) is 14.8. The molecule has 0 saturated heterocycles. The first-order valence-electron chi connectivity index (χ1n) is 6.06. The molecule has 0 unspecified atom stereocenters. The minimum atomic E-state index is 0.118. The molecule has 0 amide bonds. The van der Waals surface area contributed by atoms with Gasteiger partial charge < -0.3 is 21.2 Å². The monoisotopic (exact) mass is 303 g/mol. The Morgan fingerprint density at radius 2 is 1.90 bits per heavy atom. The average Bonchev–Trinajstić information content (AvgIpc) is 2.85. The number of nitrogens with two attached hydrogens (primary N) is 2. The van der Waals surface area contributed by atoms with Crippen molar-refractivity contribution in [2.75, 3.05) is 18.6 Å². The number of nitrogens with one attached hydrogen (secondary N) is 1. The lowest BCUT2D eigenvalue weighted by Crippen LogP contribution is -2.05. The molecule has 21 heavy (non-hydrogen) atoms. The van der Waals surface area contributed by atoms with Crippen molar-refractivity contribution < 1.29 is 4.74 Å². The van der Waals surface area contributed by atoms with Crippen molar-refractivity contribution >= 4 is 34.7 Å². The fourth-order valence-corrected chi connectivity index (χ4v) is 2.55. The number of nitrogen functional groups attached to an aromatic ring is 2. The Morgan fingerprint density at radius 1 is 1.14 bits per heavy atom. The molecule has 1 aromatic carbocycles. The van der Waals surface area contributed by atoms with E-state index in [0.717, 1.165) is 21.9 Å². The van der Waals surface area contributed by atoms with Crippen LogP contribution in [0.5, 0.6) is 5.75 Å². The number of methoxy groups -OCH3 is 1. The van der Waals surface area contributed by atoms with E-state index in [-0.39, 0.29) is 11.9 Å².